The third-order valence-electron chi connectivity index (χ3n) is 6.34. The second-order valence-corrected chi connectivity index (χ2v) is 8.55. The average molecular weight is 454 g/mol. The molecule has 148 valence electrons. The number of nitrogens with one attached hydrogen (secondary N) is 1. The van der Waals surface area contributed by atoms with Gasteiger partial charge in [-0.1, -0.05) is 52.3 Å². The summed E-state index contributed by atoms with van der Waals surface area (Å²) in [6.07, 6.45) is 0. The van der Waals surface area contributed by atoms with Gasteiger partial charge in [-0.2, -0.15) is 0 Å². The number of imide groups is 1. The minimum Gasteiger partial charge on any atom is -0.309 e. The highest BCUT2D eigenvalue weighted by Gasteiger charge is 2.70. The molecule has 3 aliphatic rings. The summed E-state index contributed by atoms with van der Waals surface area (Å²) in [5, 5.41) is 4.00. The highest BCUT2D eigenvalue weighted by molar-refractivity contribution is 9.09. The molecule has 2 fully saturated rings. The summed E-state index contributed by atoms with van der Waals surface area (Å²) in [6.45, 7) is 2.38. The zero-order valence-electron chi connectivity index (χ0n) is 15.8. The van der Waals surface area contributed by atoms with E-state index in [1.807, 2.05) is 37.3 Å². The van der Waals surface area contributed by atoms with Crippen LogP contribution in [0.15, 0.2) is 54.6 Å². The first-order valence-corrected chi connectivity index (χ1v) is 10.8. The molecule has 1 N–H and O–H groups in total. The second kappa shape index (κ2) is 6.50. The molecule has 0 aromatic heterocycles. The first-order chi connectivity index (χ1) is 14.0. The van der Waals surface area contributed by atoms with Gasteiger partial charge in [-0.3, -0.25) is 19.7 Å². The fourth-order valence-corrected chi connectivity index (χ4v) is 5.60. The van der Waals surface area contributed by atoms with Gasteiger partial charge in [-0.15, -0.1) is 0 Å². The van der Waals surface area contributed by atoms with E-state index in [2.05, 4.69) is 21.2 Å². The number of alkyl halides is 1. The van der Waals surface area contributed by atoms with Crippen molar-refractivity contribution in [1.29, 1.82) is 0 Å². The lowest BCUT2D eigenvalue weighted by molar-refractivity contribution is -0.132. The van der Waals surface area contributed by atoms with Crippen LogP contribution >= 0.6 is 15.9 Å². The van der Waals surface area contributed by atoms with Gasteiger partial charge in [0.1, 0.15) is 5.54 Å². The van der Waals surface area contributed by atoms with E-state index in [0.717, 1.165) is 11.3 Å². The number of rotatable bonds is 3. The molecule has 0 radical (unpaired) electrons. The summed E-state index contributed by atoms with van der Waals surface area (Å²) in [4.78, 5) is 43.6. The topological polar surface area (TPSA) is 69.7 Å². The van der Waals surface area contributed by atoms with Gasteiger partial charge in [0, 0.05) is 29.2 Å². The van der Waals surface area contributed by atoms with Gasteiger partial charge in [-0.25, -0.2) is 4.90 Å². The maximum absolute atomic E-state index is 13.7. The molecule has 1 spiro atoms. The van der Waals surface area contributed by atoms with Crippen LogP contribution in [0.25, 0.3) is 0 Å². The lowest BCUT2D eigenvalue weighted by Crippen LogP contribution is -2.55. The Morgan fingerprint density at radius 1 is 1.00 bits per heavy atom. The average Bonchev–Trinajstić information content (AvgIpc) is 3.27. The van der Waals surface area contributed by atoms with E-state index in [0.29, 0.717) is 17.6 Å². The molecular weight excluding hydrogens is 434 g/mol. The van der Waals surface area contributed by atoms with E-state index in [4.69, 9.17) is 0 Å². The number of carbonyl (C=O) groups excluding carboxylic acids is 3. The number of carbonyl (C=O) groups is 3. The SMILES string of the molecule is C[C@@H]1N[C@]2(C(=O)N(CCBr)c3ccccc32)[C@@H]2C(=O)N(c3ccccc3)C(=O)[C@@H]12. The number of fused-ring (bicyclic) bond motifs is 4. The molecule has 3 aliphatic heterocycles. The van der Waals surface area contributed by atoms with Gasteiger partial charge < -0.3 is 4.90 Å². The van der Waals surface area contributed by atoms with Gasteiger partial charge in [0.05, 0.1) is 17.5 Å². The number of benzene rings is 2. The summed E-state index contributed by atoms with van der Waals surface area (Å²) in [6, 6.07) is 16.2. The van der Waals surface area contributed by atoms with Crippen molar-refractivity contribution in [2.75, 3.05) is 21.7 Å². The van der Waals surface area contributed by atoms with Gasteiger partial charge >= 0.3 is 0 Å². The molecule has 7 heteroatoms. The summed E-state index contributed by atoms with van der Waals surface area (Å²) in [5.74, 6) is -2.06. The first kappa shape index (κ1) is 18.5. The predicted octanol–water partition coefficient (Wildman–Crippen LogP) is 2.42. The molecular formula is C22H20BrN3O3. The minimum atomic E-state index is -1.21. The van der Waals surface area contributed by atoms with Gasteiger partial charge in [-0.05, 0) is 25.1 Å². The van der Waals surface area contributed by atoms with E-state index >= 15 is 0 Å². The van der Waals surface area contributed by atoms with Crippen molar-refractivity contribution in [3.63, 3.8) is 0 Å². The number of para-hydroxylation sites is 2. The van der Waals surface area contributed by atoms with Crippen molar-refractivity contribution < 1.29 is 14.4 Å². The lowest BCUT2D eigenvalue weighted by atomic mass is 9.76. The zero-order valence-corrected chi connectivity index (χ0v) is 17.4. The first-order valence-electron chi connectivity index (χ1n) is 9.70. The van der Waals surface area contributed by atoms with Crippen LogP contribution in [-0.4, -0.2) is 35.6 Å². The molecule has 6 nitrogen and oxygen atoms in total. The van der Waals surface area contributed by atoms with E-state index in [1.165, 1.54) is 4.90 Å². The van der Waals surface area contributed by atoms with E-state index in [9.17, 15) is 14.4 Å². The Bertz CT molecular complexity index is 1030. The molecule has 0 aliphatic carbocycles. The normalized spacial score (nSPS) is 30.4. The van der Waals surface area contributed by atoms with Crippen LogP contribution in [0.1, 0.15) is 12.5 Å². The molecule has 2 saturated heterocycles. The standard InChI is InChI=1S/C22H20BrN3O3/c1-13-17-18(20(28)26(19(17)27)14-7-3-2-4-8-14)22(24-13)15-9-5-6-10-16(15)25(12-11-23)21(22)29/h2-10,13,17-18,24H,11-12H2,1H3/t13-,17-,18-,22-/m0/s1. The van der Waals surface area contributed by atoms with Crippen molar-refractivity contribution in [3.05, 3.63) is 60.2 Å². The number of hydrogen-bond acceptors (Lipinski definition) is 4. The number of hydrogen-bond donors (Lipinski definition) is 1. The minimum absolute atomic E-state index is 0.159. The third-order valence-corrected chi connectivity index (χ3v) is 6.69. The van der Waals surface area contributed by atoms with Crippen molar-refractivity contribution in [1.82, 2.24) is 5.32 Å². The predicted molar refractivity (Wildman–Crippen MR) is 113 cm³/mol. The number of halogens is 1. The maximum Gasteiger partial charge on any atom is 0.252 e. The Morgan fingerprint density at radius 3 is 2.41 bits per heavy atom. The van der Waals surface area contributed by atoms with Crippen LogP contribution < -0.4 is 15.1 Å². The maximum atomic E-state index is 13.7. The third kappa shape index (κ3) is 2.28. The van der Waals surface area contributed by atoms with E-state index in [1.54, 1.807) is 29.2 Å². The Labute approximate surface area is 177 Å². The van der Waals surface area contributed by atoms with Gasteiger partial charge in [0.25, 0.3) is 5.91 Å². The molecule has 2 aromatic carbocycles. The lowest BCUT2D eigenvalue weighted by Gasteiger charge is -2.30. The molecule has 3 heterocycles. The molecule has 4 atom stereocenters. The fraction of sp³-hybridized carbons (Fsp3) is 0.318. The molecule has 0 unspecified atom stereocenters. The molecule has 0 bridgehead atoms. The van der Waals surface area contributed by atoms with Gasteiger partial charge in [0.15, 0.2) is 0 Å². The molecule has 0 saturated carbocycles. The van der Waals surface area contributed by atoms with Crippen LogP contribution in [0.3, 0.4) is 0 Å². The number of anilines is 2. The van der Waals surface area contributed by atoms with Crippen molar-refractivity contribution in [3.8, 4) is 0 Å². The second-order valence-electron chi connectivity index (χ2n) is 7.75. The van der Waals surface area contributed by atoms with Crippen LogP contribution in [-0.2, 0) is 19.9 Å². The zero-order chi connectivity index (χ0) is 20.3. The molecule has 29 heavy (non-hydrogen) atoms. The highest BCUT2D eigenvalue weighted by atomic mass is 79.9. The Morgan fingerprint density at radius 2 is 1.69 bits per heavy atom. The highest BCUT2D eigenvalue weighted by Crippen LogP contribution is 2.54. The van der Waals surface area contributed by atoms with Crippen molar-refractivity contribution >= 4 is 45.0 Å². The Kier molecular flexibility index (Phi) is 4.15. The van der Waals surface area contributed by atoms with Crippen LogP contribution in [0, 0.1) is 11.8 Å². The molecule has 2 aromatic rings. The fourth-order valence-electron chi connectivity index (χ4n) is 5.25. The summed E-state index contributed by atoms with van der Waals surface area (Å²) >= 11 is 3.42. The van der Waals surface area contributed by atoms with Crippen LogP contribution in [0.4, 0.5) is 11.4 Å². The Hall–Kier alpha value is -2.51. The van der Waals surface area contributed by atoms with E-state index in [-0.39, 0.29) is 23.8 Å². The summed E-state index contributed by atoms with van der Waals surface area (Å²) < 4.78 is 0. The summed E-state index contributed by atoms with van der Waals surface area (Å²) in [7, 11) is 0. The van der Waals surface area contributed by atoms with Crippen LogP contribution in [0.2, 0.25) is 0 Å². The largest absolute Gasteiger partial charge is 0.309 e. The van der Waals surface area contributed by atoms with Crippen molar-refractivity contribution in [2.24, 2.45) is 11.8 Å². The molecule has 5 rings (SSSR count). The van der Waals surface area contributed by atoms with Gasteiger partial charge in [0.2, 0.25) is 11.8 Å². The van der Waals surface area contributed by atoms with Crippen LogP contribution in [0.5, 0.6) is 0 Å². The van der Waals surface area contributed by atoms with Crippen molar-refractivity contribution in [2.45, 2.75) is 18.5 Å². The summed E-state index contributed by atoms with van der Waals surface area (Å²) in [5.41, 5.74) is 0.923. The van der Waals surface area contributed by atoms with E-state index < -0.39 is 17.4 Å². The number of amides is 3. The molecule has 3 amide bonds. The Balaban J connectivity index is 1.67. The smallest absolute Gasteiger partial charge is 0.252 e. The number of nitrogens with zero attached hydrogens (tertiary/aromatic N) is 2. The monoisotopic (exact) mass is 453 g/mol. The quantitative estimate of drug-likeness (QED) is 0.572.